The minimum atomic E-state index is -0.231. The van der Waals surface area contributed by atoms with Gasteiger partial charge in [0.2, 0.25) is 5.95 Å². The first-order valence-corrected chi connectivity index (χ1v) is 8.49. The van der Waals surface area contributed by atoms with Crippen molar-refractivity contribution in [1.82, 2.24) is 24.5 Å². The zero-order valence-electron chi connectivity index (χ0n) is 13.6. The number of fused-ring (bicyclic) bond motifs is 4. The molecule has 0 bridgehead atoms. The number of aromatic nitrogens is 4. The summed E-state index contributed by atoms with van der Waals surface area (Å²) in [5, 5.41) is 5.22. The second-order valence-electron chi connectivity index (χ2n) is 6.80. The van der Waals surface area contributed by atoms with Gasteiger partial charge in [0.15, 0.2) is 5.65 Å². The number of halogens is 1. The van der Waals surface area contributed by atoms with Crippen molar-refractivity contribution in [3.05, 3.63) is 29.8 Å². The summed E-state index contributed by atoms with van der Waals surface area (Å²) in [5.74, 6) is 0.537. The van der Waals surface area contributed by atoms with Crippen LogP contribution in [-0.4, -0.2) is 56.7 Å². The van der Waals surface area contributed by atoms with E-state index in [1.165, 1.54) is 25.5 Å². The zero-order chi connectivity index (χ0) is 16.3. The molecule has 6 nitrogen and oxygen atoms in total. The van der Waals surface area contributed by atoms with E-state index in [-0.39, 0.29) is 5.82 Å². The Bertz CT molecular complexity index is 936. The van der Waals surface area contributed by atoms with Crippen molar-refractivity contribution in [3.8, 4) is 0 Å². The standard InChI is InChI=1S/C17H19FN6/c1-11-7-13-15(8-14(11)18)21-17(24-16(13)19-10-20-24)23-6-5-22-4-2-3-12(22)9-23/h7-8,10,12H,2-6,9H2,1H3. The molecule has 2 saturated heterocycles. The lowest BCUT2D eigenvalue weighted by molar-refractivity contribution is 0.229. The van der Waals surface area contributed by atoms with E-state index in [9.17, 15) is 4.39 Å². The third-order valence-electron chi connectivity index (χ3n) is 5.35. The third kappa shape index (κ3) is 2.00. The van der Waals surface area contributed by atoms with Crippen LogP contribution in [0.25, 0.3) is 16.6 Å². The molecule has 0 saturated carbocycles. The minimum Gasteiger partial charge on any atom is -0.338 e. The maximum atomic E-state index is 14.0. The van der Waals surface area contributed by atoms with Crippen LogP contribution >= 0.6 is 0 Å². The topological polar surface area (TPSA) is 49.6 Å². The summed E-state index contributed by atoms with van der Waals surface area (Å²) >= 11 is 0. The van der Waals surface area contributed by atoms with Crippen molar-refractivity contribution in [2.75, 3.05) is 31.1 Å². The summed E-state index contributed by atoms with van der Waals surface area (Å²) in [6.07, 6.45) is 4.05. The van der Waals surface area contributed by atoms with Gasteiger partial charge in [-0.2, -0.15) is 9.61 Å². The van der Waals surface area contributed by atoms with Crippen LogP contribution < -0.4 is 4.90 Å². The molecule has 2 fully saturated rings. The van der Waals surface area contributed by atoms with Crippen LogP contribution in [0.4, 0.5) is 10.3 Å². The maximum absolute atomic E-state index is 14.0. The van der Waals surface area contributed by atoms with Crippen molar-refractivity contribution >= 4 is 22.5 Å². The Balaban J connectivity index is 1.67. The van der Waals surface area contributed by atoms with E-state index < -0.39 is 0 Å². The highest BCUT2D eigenvalue weighted by molar-refractivity contribution is 5.92. The van der Waals surface area contributed by atoms with Gasteiger partial charge in [-0.25, -0.2) is 14.4 Å². The number of hydrogen-bond donors (Lipinski definition) is 0. The summed E-state index contributed by atoms with van der Waals surface area (Å²) < 4.78 is 15.8. The lowest BCUT2D eigenvalue weighted by atomic mass is 10.1. The SMILES string of the molecule is Cc1cc2c(cc1F)nc(N1CCN3CCCC3C1)n1ncnc21. The van der Waals surface area contributed by atoms with Crippen LogP contribution in [0.5, 0.6) is 0 Å². The van der Waals surface area contributed by atoms with Gasteiger partial charge in [0.25, 0.3) is 0 Å². The van der Waals surface area contributed by atoms with E-state index in [1.807, 2.05) is 0 Å². The van der Waals surface area contributed by atoms with E-state index in [0.717, 1.165) is 36.6 Å². The number of rotatable bonds is 1. The largest absolute Gasteiger partial charge is 0.338 e. The summed E-state index contributed by atoms with van der Waals surface area (Å²) in [7, 11) is 0. The summed E-state index contributed by atoms with van der Waals surface area (Å²) in [6, 6.07) is 3.90. The van der Waals surface area contributed by atoms with Gasteiger partial charge in [-0.15, -0.1) is 0 Å². The highest BCUT2D eigenvalue weighted by atomic mass is 19.1. The Morgan fingerprint density at radius 3 is 3.04 bits per heavy atom. The fourth-order valence-corrected chi connectivity index (χ4v) is 4.05. The van der Waals surface area contributed by atoms with Gasteiger partial charge in [0.1, 0.15) is 12.1 Å². The first-order valence-electron chi connectivity index (χ1n) is 8.49. The molecule has 0 aliphatic carbocycles. The van der Waals surface area contributed by atoms with Crippen LogP contribution in [0.3, 0.4) is 0 Å². The summed E-state index contributed by atoms with van der Waals surface area (Å²) in [5.41, 5.74) is 1.98. The second kappa shape index (κ2) is 5.11. The molecule has 2 aromatic heterocycles. The molecule has 0 amide bonds. The molecule has 1 aromatic carbocycles. The molecule has 2 aliphatic heterocycles. The van der Waals surface area contributed by atoms with E-state index >= 15 is 0 Å². The molecule has 1 atom stereocenters. The van der Waals surface area contributed by atoms with Crippen molar-refractivity contribution in [2.24, 2.45) is 0 Å². The number of piperazine rings is 1. The monoisotopic (exact) mass is 326 g/mol. The van der Waals surface area contributed by atoms with Crippen molar-refractivity contribution in [1.29, 1.82) is 0 Å². The molecule has 0 radical (unpaired) electrons. The Morgan fingerprint density at radius 1 is 1.21 bits per heavy atom. The number of nitrogens with zero attached hydrogens (tertiary/aromatic N) is 6. The number of hydrogen-bond acceptors (Lipinski definition) is 5. The molecule has 0 N–H and O–H groups in total. The van der Waals surface area contributed by atoms with Crippen LogP contribution in [-0.2, 0) is 0 Å². The molecule has 3 aromatic rings. The molecular formula is C17H19FN6. The minimum absolute atomic E-state index is 0.231. The van der Waals surface area contributed by atoms with E-state index in [2.05, 4.69) is 19.9 Å². The lowest BCUT2D eigenvalue weighted by Crippen LogP contribution is -2.51. The fourth-order valence-electron chi connectivity index (χ4n) is 4.05. The second-order valence-corrected chi connectivity index (χ2v) is 6.80. The molecule has 0 spiro atoms. The Morgan fingerprint density at radius 2 is 2.12 bits per heavy atom. The lowest BCUT2D eigenvalue weighted by Gasteiger charge is -2.37. The first kappa shape index (κ1) is 14.1. The van der Waals surface area contributed by atoms with Crippen LogP contribution in [0.15, 0.2) is 18.5 Å². The van der Waals surface area contributed by atoms with Crippen molar-refractivity contribution in [2.45, 2.75) is 25.8 Å². The van der Waals surface area contributed by atoms with Gasteiger partial charge in [-0.1, -0.05) is 0 Å². The summed E-state index contributed by atoms with van der Waals surface area (Å²) in [4.78, 5) is 14.0. The van der Waals surface area contributed by atoms with Crippen molar-refractivity contribution in [3.63, 3.8) is 0 Å². The van der Waals surface area contributed by atoms with Gasteiger partial charge < -0.3 is 4.90 Å². The average Bonchev–Trinajstić information content (AvgIpc) is 3.23. The molecule has 124 valence electrons. The van der Waals surface area contributed by atoms with Crippen LogP contribution in [0, 0.1) is 12.7 Å². The van der Waals surface area contributed by atoms with Crippen LogP contribution in [0.1, 0.15) is 18.4 Å². The molecule has 7 heteroatoms. The fraction of sp³-hybridized carbons (Fsp3) is 0.471. The predicted octanol–water partition coefficient (Wildman–Crippen LogP) is 2.01. The zero-order valence-corrected chi connectivity index (χ0v) is 13.6. The first-order chi connectivity index (χ1) is 11.7. The molecule has 2 aliphatic rings. The normalized spacial score (nSPS) is 21.8. The van der Waals surface area contributed by atoms with Gasteiger partial charge in [-0.05, 0) is 37.9 Å². The molecular weight excluding hydrogens is 307 g/mol. The van der Waals surface area contributed by atoms with Gasteiger partial charge in [-0.3, -0.25) is 4.90 Å². The Labute approximate surface area is 138 Å². The average molecular weight is 326 g/mol. The summed E-state index contributed by atoms with van der Waals surface area (Å²) in [6.45, 7) is 5.87. The van der Waals surface area contributed by atoms with E-state index in [0.29, 0.717) is 17.1 Å². The van der Waals surface area contributed by atoms with Crippen LogP contribution in [0.2, 0.25) is 0 Å². The van der Waals surface area contributed by atoms with Gasteiger partial charge in [0, 0.05) is 37.1 Å². The Kier molecular flexibility index (Phi) is 3.00. The number of benzene rings is 1. The quantitative estimate of drug-likeness (QED) is 0.685. The molecule has 1 unspecified atom stereocenters. The maximum Gasteiger partial charge on any atom is 0.229 e. The van der Waals surface area contributed by atoms with Crippen molar-refractivity contribution < 1.29 is 4.39 Å². The van der Waals surface area contributed by atoms with Gasteiger partial charge in [0.05, 0.1) is 5.52 Å². The van der Waals surface area contributed by atoms with Gasteiger partial charge >= 0.3 is 0 Å². The third-order valence-corrected chi connectivity index (χ3v) is 5.35. The smallest absolute Gasteiger partial charge is 0.229 e. The Hall–Kier alpha value is -2.28. The molecule has 4 heterocycles. The predicted molar refractivity (Wildman–Crippen MR) is 89.8 cm³/mol. The van der Waals surface area contributed by atoms with E-state index in [1.54, 1.807) is 23.8 Å². The molecule has 24 heavy (non-hydrogen) atoms. The highest BCUT2D eigenvalue weighted by Gasteiger charge is 2.32. The number of anilines is 1. The number of aryl methyl sites for hydroxylation is 1. The highest BCUT2D eigenvalue weighted by Crippen LogP contribution is 2.28. The van der Waals surface area contributed by atoms with E-state index in [4.69, 9.17) is 4.98 Å². The molecule has 5 rings (SSSR count).